The molecule has 0 aliphatic carbocycles. The van der Waals surface area contributed by atoms with Crippen LogP contribution in [0.2, 0.25) is 0 Å². The Labute approximate surface area is 170 Å². The minimum Gasteiger partial charge on any atom is -0.453 e. The van der Waals surface area contributed by atoms with Crippen molar-refractivity contribution in [3.63, 3.8) is 0 Å². The molecule has 3 rings (SSSR count). The van der Waals surface area contributed by atoms with Crippen molar-refractivity contribution in [3.8, 4) is 11.5 Å². The van der Waals surface area contributed by atoms with E-state index in [9.17, 15) is 4.39 Å². The van der Waals surface area contributed by atoms with Crippen LogP contribution in [0, 0.1) is 11.7 Å². The fraction of sp³-hybridized carbons (Fsp3) is 0.368. The molecule has 0 saturated carbocycles. The molecular formula is C19H24FIN4O. The van der Waals surface area contributed by atoms with Gasteiger partial charge in [-0.2, -0.15) is 0 Å². The van der Waals surface area contributed by atoms with Crippen LogP contribution >= 0.6 is 24.0 Å². The lowest BCUT2D eigenvalue weighted by Crippen LogP contribution is -2.43. The Kier molecular flexibility index (Phi) is 7.62. The molecule has 7 heteroatoms. The lowest BCUT2D eigenvalue weighted by Gasteiger charge is -2.31. The third-order valence-corrected chi connectivity index (χ3v) is 4.26. The van der Waals surface area contributed by atoms with Gasteiger partial charge in [0, 0.05) is 19.3 Å². The Hall–Kier alpha value is -1.90. The molecule has 1 aliphatic rings. The van der Waals surface area contributed by atoms with Gasteiger partial charge in [-0.3, -0.25) is 4.98 Å². The van der Waals surface area contributed by atoms with Crippen LogP contribution in [-0.2, 0) is 6.54 Å². The van der Waals surface area contributed by atoms with Gasteiger partial charge in [-0.25, -0.2) is 9.38 Å². The summed E-state index contributed by atoms with van der Waals surface area (Å²) in [5.41, 5.74) is 6.83. The van der Waals surface area contributed by atoms with E-state index in [4.69, 9.17) is 10.5 Å². The molecule has 26 heavy (non-hydrogen) atoms. The average Bonchev–Trinajstić information content (AvgIpc) is 2.62. The van der Waals surface area contributed by atoms with Crippen molar-refractivity contribution in [2.45, 2.75) is 26.3 Å². The first-order valence-corrected chi connectivity index (χ1v) is 8.53. The summed E-state index contributed by atoms with van der Waals surface area (Å²) in [4.78, 5) is 10.5. The first-order valence-electron chi connectivity index (χ1n) is 8.53. The SMILES string of the molecule is CC1CCCN(C(N)=NCc2ccc(Oc3cccnc3)c(F)c2)C1.I. The van der Waals surface area contributed by atoms with Crippen LogP contribution in [0.3, 0.4) is 0 Å². The van der Waals surface area contributed by atoms with Crippen LogP contribution in [0.15, 0.2) is 47.7 Å². The van der Waals surface area contributed by atoms with Crippen molar-refractivity contribution >= 4 is 29.9 Å². The number of likely N-dealkylation sites (tertiary alicyclic amines) is 1. The van der Waals surface area contributed by atoms with E-state index in [1.165, 1.54) is 18.7 Å². The number of aromatic nitrogens is 1. The molecule has 1 aromatic heterocycles. The number of pyridine rings is 1. The summed E-state index contributed by atoms with van der Waals surface area (Å²) < 4.78 is 19.7. The topological polar surface area (TPSA) is 63.7 Å². The third kappa shape index (κ3) is 5.55. The summed E-state index contributed by atoms with van der Waals surface area (Å²) in [7, 11) is 0. The number of piperidine rings is 1. The molecule has 1 fully saturated rings. The maximum absolute atomic E-state index is 14.2. The normalized spacial score (nSPS) is 17.5. The van der Waals surface area contributed by atoms with Crippen molar-refractivity contribution in [2.24, 2.45) is 16.6 Å². The van der Waals surface area contributed by atoms with E-state index in [-0.39, 0.29) is 29.7 Å². The first-order chi connectivity index (χ1) is 12.1. The van der Waals surface area contributed by atoms with Crippen LogP contribution < -0.4 is 10.5 Å². The predicted octanol–water partition coefficient (Wildman–Crippen LogP) is 4.18. The fourth-order valence-corrected chi connectivity index (χ4v) is 2.93. The first kappa shape index (κ1) is 20.4. The minimum atomic E-state index is -0.429. The summed E-state index contributed by atoms with van der Waals surface area (Å²) in [6.07, 6.45) is 5.54. The van der Waals surface area contributed by atoms with E-state index < -0.39 is 5.82 Å². The molecule has 1 aliphatic heterocycles. The Balaban J connectivity index is 0.00000243. The highest BCUT2D eigenvalue weighted by Crippen LogP contribution is 2.24. The maximum atomic E-state index is 14.2. The third-order valence-electron chi connectivity index (χ3n) is 4.26. The molecule has 1 saturated heterocycles. The molecule has 0 bridgehead atoms. The van der Waals surface area contributed by atoms with Crippen LogP contribution in [0.25, 0.3) is 0 Å². The quantitative estimate of drug-likeness (QED) is 0.414. The van der Waals surface area contributed by atoms with Crippen molar-refractivity contribution in [1.82, 2.24) is 9.88 Å². The number of guanidine groups is 1. The van der Waals surface area contributed by atoms with E-state index in [0.717, 1.165) is 25.1 Å². The summed E-state index contributed by atoms with van der Waals surface area (Å²) in [6.45, 7) is 4.43. The van der Waals surface area contributed by atoms with Gasteiger partial charge in [0.15, 0.2) is 17.5 Å². The van der Waals surface area contributed by atoms with Crippen molar-refractivity contribution in [1.29, 1.82) is 0 Å². The molecule has 0 spiro atoms. The van der Waals surface area contributed by atoms with Gasteiger partial charge >= 0.3 is 0 Å². The number of nitrogens with zero attached hydrogens (tertiary/aromatic N) is 3. The summed E-state index contributed by atoms with van der Waals surface area (Å²) in [5, 5.41) is 0. The lowest BCUT2D eigenvalue weighted by molar-refractivity contribution is 0.270. The number of hydrogen-bond donors (Lipinski definition) is 1. The van der Waals surface area contributed by atoms with Gasteiger partial charge in [0.1, 0.15) is 5.75 Å². The minimum absolute atomic E-state index is 0. The summed E-state index contributed by atoms with van der Waals surface area (Å²) in [6, 6.07) is 8.30. The molecule has 1 aromatic carbocycles. The molecule has 0 amide bonds. The monoisotopic (exact) mass is 470 g/mol. The largest absolute Gasteiger partial charge is 0.453 e. The van der Waals surface area contributed by atoms with Crippen LogP contribution in [0.5, 0.6) is 11.5 Å². The second-order valence-electron chi connectivity index (χ2n) is 6.42. The Morgan fingerprint density at radius 1 is 1.42 bits per heavy atom. The number of hydrogen-bond acceptors (Lipinski definition) is 3. The second kappa shape index (κ2) is 9.70. The zero-order valence-electron chi connectivity index (χ0n) is 14.8. The Morgan fingerprint density at radius 2 is 2.27 bits per heavy atom. The van der Waals surface area contributed by atoms with Gasteiger partial charge in [-0.15, -0.1) is 24.0 Å². The molecule has 1 atom stereocenters. The van der Waals surface area contributed by atoms with Crippen LogP contribution in [0.1, 0.15) is 25.3 Å². The zero-order chi connectivity index (χ0) is 17.6. The van der Waals surface area contributed by atoms with Crippen molar-refractivity contribution in [2.75, 3.05) is 13.1 Å². The highest BCUT2D eigenvalue weighted by molar-refractivity contribution is 14.0. The van der Waals surface area contributed by atoms with Crippen molar-refractivity contribution in [3.05, 3.63) is 54.1 Å². The van der Waals surface area contributed by atoms with Crippen LogP contribution in [0.4, 0.5) is 4.39 Å². The number of nitrogens with two attached hydrogens (primary N) is 1. The Bertz CT molecular complexity index is 742. The van der Waals surface area contributed by atoms with E-state index in [1.807, 2.05) is 0 Å². The molecule has 0 radical (unpaired) electrons. The smallest absolute Gasteiger partial charge is 0.191 e. The Morgan fingerprint density at radius 3 is 2.96 bits per heavy atom. The van der Waals surface area contributed by atoms with Gasteiger partial charge in [0.2, 0.25) is 0 Å². The highest BCUT2D eigenvalue weighted by Gasteiger charge is 2.17. The highest BCUT2D eigenvalue weighted by atomic mass is 127. The zero-order valence-corrected chi connectivity index (χ0v) is 17.1. The van der Waals surface area contributed by atoms with Crippen molar-refractivity contribution < 1.29 is 9.13 Å². The predicted molar refractivity (Wildman–Crippen MR) is 111 cm³/mol. The number of benzene rings is 1. The molecular weight excluding hydrogens is 446 g/mol. The number of rotatable bonds is 4. The van der Waals surface area contributed by atoms with Gasteiger partial charge in [0.05, 0.1) is 12.7 Å². The lowest BCUT2D eigenvalue weighted by atomic mass is 10.0. The van der Waals surface area contributed by atoms with E-state index in [2.05, 4.69) is 21.8 Å². The van der Waals surface area contributed by atoms with Gasteiger partial charge in [-0.05, 0) is 48.6 Å². The molecule has 2 aromatic rings. The van der Waals surface area contributed by atoms with Crippen LogP contribution in [-0.4, -0.2) is 28.9 Å². The van der Waals surface area contributed by atoms with Gasteiger partial charge in [-0.1, -0.05) is 13.0 Å². The summed E-state index contributed by atoms with van der Waals surface area (Å²) >= 11 is 0. The number of ether oxygens (including phenoxy) is 1. The molecule has 1 unspecified atom stereocenters. The number of halogens is 2. The van der Waals surface area contributed by atoms with E-state index >= 15 is 0 Å². The van der Waals surface area contributed by atoms with Gasteiger partial charge < -0.3 is 15.4 Å². The van der Waals surface area contributed by atoms with E-state index in [1.54, 1.807) is 30.5 Å². The second-order valence-corrected chi connectivity index (χ2v) is 6.42. The molecule has 2 N–H and O–H groups in total. The molecule has 5 nitrogen and oxygen atoms in total. The fourth-order valence-electron chi connectivity index (χ4n) is 2.93. The maximum Gasteiger partial charge on any atom is 0.191 e. The van der Waals surface area contributed by atoms with E-state index in [0.29, 0.717) is 24.2 Å². The van der Waals surface area contributed by atoms with Gasteiger partial charge in [0.25, 0.3) is 0 Å². The number of aliphatic imine (C=N–C) groups is 1. The molecule has 2 heterocycles. The molecule has 140 valence electrons. The standard InChI is InChI=1S/C19H23FN4O.HI/c1-14-4-3-9-24(13-14)19(21)23-11-15-6-7-18(17(20)10-15)25-16-5-2-8-22-12-16;/h2,5-8,10,12,14H,3-4,9,11,13H2,1H3,(H2,21,23);1H. The summed E-state index contributed by atoms with van der Waals surface area (Å²) in [5.74, 6) is 1.39. The average molecular weight is 470 g/mol.